The van der Waals surface area contributed by atoms with Crippen molar-refractivity contribution in [2.75, 3.05) is 26.2 Å². The minimum absolute atomic E-state index is 0. The van der Waals surface area contributed by atoms with Crippen LogP contribution in [0.25, 0.3) is 0 Å². The monoisotopic (exact) mass is 384 g/mol. The minimum atomic E-state index is -0.333. The minimum Gasteiger partial charge on any atom is -0.357 e. The highest BCUT2D eigenvalue weighted by molar-refractivity contribution is 14.0. The van der Waals surface area contributed by atoms with Gasteiger partial charge in [0.25, 0.3) is 0 Å². The van der Waals surface area contributed by atoms with E-state index in [0.717, 1.165) is 25.5 Å². The number of halogens is 1. The van der Waals surface area contributed by atoms with Gasteiger partial charge in [-0.1, -0.05) is 27.7 Å². The smallest absolute Gasteiger partial charge is 0.225 e. The van der Waals surface area contributed by atoms with Gasteiger partial charge in [0.2, 0.25) is 5.91 Å². The molecule has 1 amide bonds. The molecular weight excluding hydrogens is 355 g/mol. The second-order valence-electron chi connectivity index (χ2n) is 5.19. The summed E-state index contributed by atoms with van der Waals surface area (Å²) in [6.07, 6.45) is 1.03. The van der Waals surface area contributed by atoms with Gasteiger partial charge in [-0.2, -0.15) is 0 Å². The number of guanidine groups is 1. The predicted molar refractivity (Wildman–Crippen MR) is 92.2 cm³/mol. The van der Waals surface area contributed by atoms with Crippen molar-refractivity contribution < 1.29 is 4.79 Å². The zero-order valence-electron chi connectivity index (χ0n) is 12.8. The van der Waals surface area contributed by atoms with Crippen molar-refractivity contribution in [1.29, 1.82) is 0 Å². The summed E-state index contributed by atoms with van der Waals surface area (Å²) in [6.45, 7) is 12.8. The SMILES string of the molecule is CCCN=C(NCC)NCCNC(=O)C(C)(C)C.I. The molecule has 0 saturated carbocycles. The van der Waals surface area contributed by atoms with E-state index in [9.17, 15) is 4.79 Å². The lowest BCUT2D eigenvalue weighted by molar-refractivity contribution is -0.128. The van der Waals surface area contributed by atoms with Gasteiger partial charge in [-0.3, -0.25) is 9.79 Å². The lowest BCUT2D eigenvalue weighted by atomic mass is 9.96. The number of carbonyl (C=O) groups is 1. The topological polar surface area (TPSA) is 65.5 Å². The average Bonchev–Trinajstić information content (AvgIpc) is 2.29. The molecule has 114 valence electrons. The number of hydrogen-bond donors (Lipinski definition) is 3. The van der Waals surface area contributed by atoms with E-state index in [4.69, 9.17) is 0 Å². The van der Waals surface area contributed by atoms with Gasteiger partial charge >= 0.3 is 0 Å². The molecule has 5 nitrogen and oxygen atoms in total. The number of nitrogens with one attached hydrogen (secondary N) is 3. The standard InChI is InChI=1S/C13H28N4O.HI/c1-6-8-16-12(14-7-2)17-10-9-15-11(18)13(3,4)5;/h6-10H2,1-5H3,(H,15,18)(H2,14,16,17);1H. The third kappa shape index (κ3) is 11.0. The molecule has 0 aliphatic heterocycles. The fourth-order valence-corrected chi connectivity index (χ4v) is 1.19. The molecule has 0 saturated heterocycles. The van der Waals surface area contributed by atoms with E-state index in [1.165, 1.54) is 0 Å². The first kappa shape index (κ1) is 20.8. The van der Waals surface area contributed by atoms with Gasteiger partial charge in [0, 0.05) is 31.6 Å². The predicted octanol–water partition coefficient (Wildman–Crippen LogP) is 1.73. The summed E-state index contributed by atoms with van der Waals surface area (Å²) in [5.74, 6) is 0.879. The number of carbonyl (C=O) groups excluding carboxylic acids is 1. The van der Waals surface area contributed by atoms with Crippen LogP contribution < -0.4 is 16.0 Å². The van der Waals surface area contributed by atoms with Gasteiger partial charge in [0.1, 0.15) is 0 Å². The highest BCUT2D eigenvalue weighted by Gasteiger charge is 2.20. The highest BCUT2D eigenvalue weighted by Crippen LogP contribution is 2.11. The molecule has 0 radical (unpaired) electrons. The van der Waals surface area contributed by atoms with E-state index >= 15 is 0 Å². The maximum Gasteiger partial charge on any atom is 0.225 e. The number of amides is 1. The number of nitrogens with zero attached hydrogens (tertiary/aromatic N) is 1. The number of aliphatic imine (C=N–C) groups is 1. The maximum absolute atomic E-state index is 11.6. The Morgan fingerprint density at radius 1 is 1.05 bits per heavy atom. The first-order chi connectivity index (χ1) is 8.41. The van der Waals surface area contributed by atoms with Crippen molar-refractivity contribution in [3.8, 4) is 0 Å². The fourth-order valence-electron chi connectivity index (χ4n) is 1.19. The van der Waals surface area contributed by atoms with Crippen molar-refractivity contribution in [3.63, 3.8) is 0 Å². The van der Waals surface area contributed by atoms with E-state index in [-0.39, 0.29) is 35.3 Å². The second kappa shape index (κ2) is 11.3. The van der Waals surface area contributed by atoms with Gasteiger partial charge in [0.15, 0.2) is 5.96 Å². The third-order valence-electron chi connectivity index (χ3n) is 2.22. The van der Waals surface area contributed by atoms with Crippen molar-refractivity contribution in [1.82, 2.24) is 16.0 Å². The van der Waals surface area contributed by atoms with Crippen molar-refractivity contribution in [2.24, 2.45) is 10.4 Å². The van der Waals surface area contributed by atoms with Crippen LogP contribution in [0.15, 0.2) is 4.99 Å². The zero-order valence-corrected chi connectivity index (χ0v) is 15.1. The Hall–Kier alpha value is -0.530. The summed E-state index contributed by atoms with van der Waals surface area (Å²) >= 11 is 0. The van der Waals surface area contributed by atoms with Gasteiger partial charge in [0.05, 0.1) is 0 Å². The van der Waals surface area contributed by atoms with Crippen LogP contribution in [0.4, 0.5) is 0 Å². The van der Waals surface area contributed by atoms with Crippen molar-refractivity contribution in [3.05, 3.63) is 0 Å². The van der Waals surface area contributed by atoms with Crippen LogP contribution >= 0.6 is 24.0 Å². The summed E-state index contributed by atoms with van der Waals surface area (Å²) in [6, 6.07) is 0. The van der Waals surface area contributed by atoms with Crippen LogP contribution in [0.2, 0.25) is 0 Å². The molecule has 0 heterocycles. The molecule has 0 unspecified atom stereocenters. The van der Waals surface area contributed by atoms with Gasteiger partial charge in [-0.25, -0.2) is 0 Å². The summed E-state index contributed by atoms with van der Waals surface area (Å²) < 4.78 is 0. The number of hydrogen-bond acceptors (Lipinski definition) is 2. The Morgan fingerprint density at radius 3 is 2.11 bits per heavy atom. The molecule has 0 aliphatic carbocycles. The lowest BCUT2D eigenvalue weighted by Crippen LogP contribution is -2.43. The molecule has 0 atom stereocenters. The third-order valence-corrected chi connectivity index (χ3v) is 2.22. The van der Waals surface area contributed by atoms with E-state index in [1.54, 1.807) is 0 Å². The van der Waals surface area contributed by atoms with Crippen molar-refractivity contribution in [2.45, 2.75) is 41.0 Å². The second-order valence-corrected chi connectivity index (χ2v) is 5.19. The Balaban J connectivity index is 0. The van der Waals surface area contributed by atoms with E-state index < -0.39 is 0 Å². The molecule has 0 bridgehead atoms. The quantitative estimate of drug-likeness (QED) is 0.283. The maximum atomic E-state index is 11.6. The van der Waals surface area contributed by atoms with Crippen LogP contribution in [0.3, 0.4) is 0 Å². The summed E-state index contributed by atoms with van der Waals surface area (Å²) in [5, 5.41) is 9.24. The Labute approximate surface area is 134 Å². The molecular formula is C13H29IN4O. The number of rotatable bonds is 6. The molecule has 6 heteroatoms. The molecule has 3 N–H and O–H groups in total. The summed E-state index contributed by atoms with van der Waals surface area (Å²) in [4.78, 5) is 16.0. The average molecular weight is 384 g/mol. The first-order valence-corrected chi connectivity index (χ1v) is 6.72. The Bertz CT molecular complexity index is 274. The van der Waals surface area contributed by atoms with Crippen molar-refractivity contribution >= 4 is 35.8 Å². The summed E-state index contributed by atoms with van der Waals surface area (Å²) in [7, 11) is 0. The molecule has 0 spiro atoms. The molecule has 0 aromatic heterocycles. The fraction of sp³-hybridized carbons (Fsp3) is 0.846. The van der Waals surface area contributed by atoms with Crippen LogP contribution in [-0.4, -0.2) is 38.0 Å². The van der Waals surface area contributed by atoms with Gasteiger partial charge < -0.3 is 16.0 Å². The van der Waals surface area contributed by atoms with Gasteiger partial charge in [-0.05, 0) is 13.3 Å². The highest BCUT2D eigenvalue weighted by atomic mass is 127. The Kier molecular flexibility index (Phi) is 12.4. The van der Waals surface area contributed by atoms with Crippen LogP contribution in [0.1, 0.15) is 41.0 Å². The normalized spacial score (nSPS) is 11.5. The van der Waals surface area contributed by atoms with E-state index in [1.807, 2.05) is 27.7 Å². The molecule has 0 fully saturated rings. The Morgan fingerprint density at radius 2 is 1.63 bits per heavy atom. The molecule has 0 aromatic rings. The van der Waals surface area contributed by atoms with E-state index in [0.29, 0.717) is 13.1 Å². The molecule has 0 rings (SSSR count). The molecule has 19 heavy (non-hydrogen) atoms. The zero-order chi connectivity index (χ0) is 14.0. The van der Waals surface area contributed by atoms with Gasteiger partial charge in [-0.15, -0.1) is 24.0 Å². The largest absolute Gasteiger partial charge is 0.357 e. The first-order valence-electron chi connectivity index (χ1n) is 6.72. The van der Waals surface area contributed by atoms with Crippen LogP contribution in [-0.2, 0) is 4.79 Å². The van der Waals surface area contributed by atoms with Crippen LogP contribution in [0.5, 0.6) is 0 Å². The molecule has 0 aliphatic rings. The van der Waals surface area contributed by atoms with Crippen LogP contribution in [0, 0.1) is 5.41 Å². The lowest BCUT2D eigenvalue weighted by Gasteiger charge is -2.18. The van der Waals surface area contributed by atoms with E-state index in [2.05, 4.69) is 27.9 Å². The summed E-state index contributed by atoms with van der Waals surface area (Å²) in [5.41, 5.74) is -0.333. The molecule has 0 aromatic carbocycles.